The lowest BCUT2D eigenvalue weighted by Gasteiger charge is -2.11. The van der Waals surface area contributed by atoms with Crippen LogP contribution in [0.5, 0.6) is 5.88 Å². The molecular formula is C14H26N4O2. The Balaban J connectivity index is 2.29. The summed E-state index contributed by atoms with van der Waals surface area (Å²) in [7, 11) is 0. The molecule has 1 rings (SSSR count). The molecule has 0 bridgehead atoms. The van der Waals surface area contributed by atoms with E-state index in [1.54, 1.807) is 0 Å². The van der Waals surface area contributed by atoms with Gasteiger partial charge >= 0.3 is 0 Å². The van der Waals surface area contributed by atoms with E-state index in [9.17, 15) is 0 Å². The van der Waals surface area contributed by atoms with E-state index in [1.165, 1.54) is 6.33 Å². The fourth-order valence-electron chi connectivity index (χ4n) is 1.56. The molecule has 0 saturated heterocycles. The largest absolute Gasteiger partial charge is 0.476 e. The molecule has 0 radical (unpaired) electrons. The van der Waals surface area contributed by atoms with Gasteiger partial charge in [0, 0.05) is 19.8 Å². The summed E-state index contributed by atoms with van der Waals surface area (Å²) >= 11 is 0. The Bertz CT molecular complexity index is 374. The molecule has 3 N–H and O–H groups in total. The topological polar surface area (TPSA) is 82.3 Å². The second-order valence-corrected chi connectivity index (χ2v) is 4.54. The van der Waals surface area contributed by atoms with Gasteiger partial charge in [-0.1, -0.05) is 20.3 Å². The molecule has 0 spiro atoms. The molecule has 0 unspecified atom stereocenters. The molecule has 114 valence electrons. The van der Waals surface area contributed by atoms with Crippen molar-refractivity contribution in [1.82, 2.24) is 9.97 Å². The maximum absolute atomic E-state index is 5.96. The number of nitrogens with zero attached hydrogens (tertiary/aromatic N) is 2. The van der Waals surface area contributed by atoms with Crippen LogP contribution in [0.4, 0.5) is 11.5 Å². The number of unbranched alkanes of at least 4 members (excludes halogenated alkanes) is 1. The maximum Gasteiger partial charge on any atom is 0.242 e. The Morgan fingerprint density at radius 1 is 1.10 bits per heavy atom. The van der Waals surface area contributed by atoms with Crippen molar-refractivity contribution >= 4 is 11.5 Å². The summed E-state index contributed by atoms with van der Waals surface area (Å²) in [4.78, 5) is 8.16. The highest BCUT2D eigenvalue weighted by Crippen LogP contribution is 2.24. The first-order valence-electron chi connectivity index (χ1n) is 7.34. The highest BCUT2D eigenvalue weighted by molar-refractivity contribution is 5.66. The molecule has 0 fully saturated rings. The average Bonchev–Trinajstić information content (AvgIpc) is 2.46. The Hall–Kier alpha value is -1.56. The van der Waals surface area contributed by atoms with E-state index in [1.807, 2.05) is 6.92 Å². The van der Waals surface area contributed by atoms with E-state index in [0.717, 1.165) is 45.4 Å². The maximum atomic E-state index is 5.96. The standard InChI is InChI=1S/C14H26N4O2/c1-3-5-9-19-10-6-7-16-13-12(15)14(18-11-17-13)20-8-4-2/h11H,3-10,15H2,1-2H3,(H,16,17,18). The van der Waals surface area contributed by atoms with Crippen molar-refractivity contribution in [2.75, 3.05) is 37.4 Å². The molecule has 1 heterocycles. The number of hydrogen-bond donors (Lipinski definition) is 2. The van der Waals surface area contributed by atoms with E-state index in [4.69, 9.17) is 15.2 Å². The minimum atomic E-state index is 0.448. The first kappa shape index (κ1) is 16.5. The minimum Gasteiger partial charge on any atom is -0.476 e. The van der Waals surface area contributed by atoms with Crippen LogP contribution in [0.3, 0.4) is 0 Å². The number of hydrogen-bond acceptors (Lipinski definition) is 6. The molecular weight excluding hydrogens is 256 g/mol. The number of aromatic nitrogens is 2. The summed E-state index contributed by atoms with van der Waals surface area (Å²) < 4.78 is 10.9. The quantitative estimate of drug-likeness (QED) is 0.607. The molecule has 20 heavy (non-hydrogen) atoms. The van der Waals surface area contributed by atoms with Crippen molar-refractivity contribution in [3.05, 3.63) is 6.33 Å². The van der Waals surface area contributed by atoms with Crippen LogP contribution in [0.1, 0.15) is 39.5 Å². The van der Waals surface area contributed by atoms with Crippen molar-refractivity contribution in [2.24, 2.45) is 0 Å². The minimum absolute atomic E-state index is 0.448. The second-order valence-electron chi connectivity index (χ2n) is 4.54. The number of nitrogens with two attached hydrogens (primary N) is 1. The smallest absolute Gasteiger partial charge is 0.242 e. The van der Waals surface area contributed by atoms with Gasteiger partial charge in [-0.05, 0) is 19.3 Å². The summed E-state index contributed by atoms with van der Waals surface area (Å²) in [5.74, 6) is 1.07. The van der Waals surface area contributed by atoms with Gasteiger partial charge in [-0.15, -0.1) is 0 Å². The Labute approximate surface area is 121 Å². The molecule has 0 aromatic carbocycles. The fraction of sp³-hybridized carbons (Fsp3) is 0.714. The number of ether oxygens (including phenoxy) is 2. The lowest BCUT2D eigenvalue weighted by atomic mass is 10.3. The van der Waals surface area contributed by atoms with Crippen molar-refractivity contribution in [3.8, 4) is 5.88 Å². The molecule has 0 saturated carbocycles. The number of nitrogens with one attached hydrogen (secondary N) is 1. The van der Waals surface area contributed by atoms with Gasteiger partial charge in [0.15, 0.2) is 5.82 Å². The Morgan fingerprint density at radius 3 is 2.65 bits per heavy atom. The van der Waals surface area contributed by atoms with E-state index >= 15 is 0 Å². The molecule has 6 nitrogen and oxygen atoms in total. The molecule has 0 amide bonds. The average molecular weight is 282 g/mol. The summed E-state index contributed by atoms with van der Waals surface area (Å²) in [5.41, 5.74) is 6.43. The van der Waals surface area contributed by atoms with Crippen molar-refractivity contribution < 1.29 is 9.47 Å². The molecule has 1 aromatic heterocycles. The normalized spacial score (nSPS) is 10.5. The van der Waals surface area contributed by atoms with Crippen LogP contribution >= 0.6 is 0 Å². The van der Waals surface area contributed by atoms with E-state index in [-0.39, 0.29) is 0 Å². The first-order valence-corrected chi connectivity index (χ1v) is 7.34. The van der Waals surface area contributed by atoms with E-state index in [0.29, 0.717) is 24.0 Å². The van der Waals surface area contributed by atoms with Crippen LogP contribution in [0.15, 0.2) is 6.33 Å². The third-order valence-corrected chi connectivity index (χ3v) is 2.69. The van der Waals surface area contributed by atoms with Gasteiger partial charge in [0.05, 0.1) is 6.61 Å². The molecule has 0 aliphatic rings. The third kappa shape index (κ3) is 6.06. The van der Waals surface area contributed by atoms with Crippen LogP contribution in [-0.4, -0.2) is 36.3 Å². The zero-order valence-electron chi connectivity index (χ0n) is 12.5. The number of nitrogen functional groups attached to an aromatic ring is 1. The highest BCUT2D eigenvalue weighted by Gasteiger charge is 2.08. The third-order valence-electron chi connectivity index (χ3n) is 2.69. The monoisotopic (exact) mass is 282 g/mol. The van der Waals surface area contributed by atoms with Gasteiger partial charge < -0.3 is 20.5 Å². The van der Waals surface area contributed by atoms with Crippen LogP contribution in [0.25, 0.3) is 0 Å². The predicted octanol–water partition coefficient (Wildman–Crippen LogP) is 2.47. The van der Waals surface area contributed by atoms with E-state index in [2.05, 4.69) is 22.2 Å². The summed E-state index contributed by atoms with van der Waals surface area (Å²) in [6.45, 7) is 7.14. The summed E-state index contributed by atoms with van der Waals surface area (Å²) in [6.07, 6.45) is 5.57. The predicted molar refractivity (Wildman–Crippen MR) is 81.1 cm³/mol. The second kappa shape index (κ2) is 10.3. The first-order chi connectivity index (χ1) is 9.79. The molecule has 6 heteroatoms. The molecule has 0 aliphatic heterocycles. The molecule has 1 aromatic rings. The zero-order chi connectivity index (χ0) is 14.6. The van der Waals surface area contributed by atoms with Crippen LogP contribution in [0, 0.1) is 0 Å². The van der Waals surface area contributed by atoms with Crippen LogP contribution in [0.2, 0.25) is 0 Å². The summed E-state index contributed by atoms with van der Waals surface area (Å²) in [6, 6.07) is 0. The Morgan fingerprint density at radius 2 is 1.90 bits per heavy atom. The van der Waals surface area contributed by atoms with E-state index < -0.39 is 0 Å². The van der Waals surface area contributed by atoms with Gasteiger partial charge in [0.25, 0.3) is 0 Å². The highest BCUT2D eigenvalue weighted by atomic mass is 16.5. The van der Waals surface area contributed by atoms with Crippen molar-refractivity contribution in [3.63, 3.8) is 0 Å². The van der Waals surface area contributed by atoms with Gasteiger partial charge in [-0.3, -0.25) is 0 Å². The zero-order valence-corrected chi connectivity index (χ0v) is 12.5. The molecule has 0 aliphatic carbocycles. The van der Waals surface area contributed by atoms with Gasteiger partial charge in [-0.25, -0.2) is 4.98 Å². The van der Waals surface area contributed by atoms with Gasteiger partial charge in [-0.2, -0.15) is 4.98 Å². The lowest BCUT2D eigenvalue weighted by Crippen LogP contribution is -2.11. The van der Waals surface area contributed by atoms with Crippen molar-refractivity contribution in [1.29, 1.82) is 0 Å². The summed E-state index contributed by atoms with van der Waals surface area (Å²) in [5, 5.41) is 3.18. The SMILES string of the molecule is CCCCOCCCNc1ncnc(OCCC)c1N. The lowest BCUT2D eigenvalue weighted by molar-refractivity contribution is 0.131. The molecule has 0 atom stereocenters. The number of anilines is 2. The van der Waals surface area contributed by atoms with Crippen molar-refractivity contribution in [2.45, 2.75) is 39.5 Å². The van der Waals surface area contributed by atoms with Gasteiger partial charge in [0.2, 0.25) is 5.88 Å². The van der Waals surface area contributed by atoms with Crippen LogP contribution in [-0.2, 0) is 4.74 Å². The fourth-order valence-corrected chi connectivity index (χ4v) is 1.56. The Kier molecular flexibility index (Phi) is 8.46. The van der Waals surface area contributed by atoms with Crippen LogP contribution < -0.4 is 15.8 Å². The van der Waals surface area contributed by atoms with Gasteiger partial charge in [0.1, 0.15) is 12.0 Å². The number of rotatable bonds is 11.